The van der Waals surface area contributed by atoms with Crippen LogP contribution >= 0.6 is 12.4 Å². The van der Waals surface area contributed by atoms with Crippen LogP contribution in [0.15, 0.2) is 0 Å². The van der Waals surface area contributed by atoms with Crippen LogP contribution < -0.4 is 16.4 Å². The average molecular weight is 208 g/mol. The summed E-state index contributed by atoms with van der Waals surface area (Å²) in [7, 11) is 0. The number of nitrogens with two attached hydrogens (primary N) is 1. The van der Waals surface area contributed by atoms with Crippen LogP contribution in [-0.4, -0.2) is 30.9 Å². The second-order valence-electron chi connectivity index (χ2n) is 2.83. The number of amides is 2. The van der Waals surface area contributed by atoms with Gasteiger partial charge < -0.3 is 16.4 Å². The minimum absolute atomic E-state index is 0. The number of primary amides is 1. The van der Waals surface area contributed by atoms with Gasteiger partial charge in [-0.15, -0.1) is 12.4 Å². The molecule has 1 aliphatic heterocycles. The molecule has 1 heterocycles. The minimum Gasteiger partial charge on any atom is -0.368 e. The second-order valence-corrected chi connectivity index (χ2v) is 2.83. The van der Waals surface area contributed by atoms with E-state index in [-0.39, 0.29) is 30.9 Å². The molecule has 0 saturated carbocycles. The Balaban J connectivity index is 0.00000144. The molecule has 5 nitrogen and oxygen atoms in total. The van der Waals surface area contributed by atoms with Crippen molar-refractivity contribution in [2.24, 2.45) is 5.73 Å². The van der Waals surface area contributed by atoms with E-state index in [0.717, 1.165) is 19.4 Å². The van der Waals surface area contributed by atoms with Crippen LogP contribution in [-0.2, 0) is 9.59 Å². The summed E-state index contributed by atoms with van der Waals surface area (Å²) in [6.07, 6.45) is 1.85. The molecule has 0 spiro atoms. The SMILES string of the molecule is Cl.NC(=O)CNC(=O)C1CCCN1. The highest BCUT2D eigenvalue weighted by molar-refractivity contribution is 5.86. The molecule has 0 aromatic rings. The number of carbonyl (C=O) groups excluding carboxylic acids is 2. The zero-order chi connectivity index (χ0) is 8.97. The Morgan fingerprint density at radius 1 is 1.54 bits per heavy atom. The van der Waals surface area contributed by atoms with E-state index in [4.69, 9.17) is 5.73 Å². The lowest BCUT2D eigenvalue weighted by molar-refractivity contribution is -0.126. The highest BCUT2D eigenvalue weighted by atomic mass is 35.5. The zero-order valence-corrected chi connectivity index (χ0v) is 8.02. The van der Waals surface area contributed by atoms with Crippen molar-refractivity contribution in [2.45, 2.75) is 18.9 Å². The Labute approximate surface area is 82.8 Å². The monoisotopic (exact) mass is 207 g/mol. The first-order valence-electron chi connectivity index (χ1n) is 3.99. The molecular formula is C7H14ClN3O2. The van der Waals surface area contributed by atoms with Crippen LogP contribution in [0.3, 0.4) is 0 Å². The van der Waals surface area contributed by atoms with E-state index in [9.17, 15) is 9.59 Å². The molecule has 1 rings (SSSR count). The summed E-state index contributed by atoms with van der Waals surface area (Å²) >= 11 is 0. The van der Waals surface area contributed by atoms with Gasteiger partial charge in [0.2, 0.25) is 11.8 Å². The minimum atomic E-state index is -0.513. The Hall–Kier alpha value is -0.810. The lowest BCUT2D eigenvalue weighted by atomic mass is 10.2. The van der Waals surface area contributed by atoms with Gasteiger partial charge in [-0.3, -0.25) is 9.59 Å². The number of rotatable bonds is 3. The summed E-state index contributed by atoms with van der Waals surface area (Å²) in [6.45, 7) is 0.797. The topological polar surface area (TPSA) is 84.2 Å². The molecule has 6 heteroatoms. The van der Waals surface area contributed by atoms with E-state index >= 15 is 0 Å². The summed E-state index contributed by atoms with van der Waals surface area (Å²) in [5, 5.41) is 5.46. The van der Waals surface area contributed by atoms with Crippen molar-refractivity contribution < 1.29 is 9.59 Å². The van der Waals surface area contributed by atoms with Gasteiger partial charge in [-0.2, -0.15) is 0 Å². The highest BCUT2D eigenvalue weighted by Crippen LogP contribution is 2.03. The third-order valence-corrected chi connectivity index (χ3v) is 1.81. The maximum Gasteiger partial charge on any atom is 0.237 e. The molecule has 1 fully saturated rings. The van der Waals surface area contributed by atoms with Crippen molar-refractivity contribution in [2.75, 3.05) is 13.1 Å². The summed E-state index contributed by atoms with van der Waals surface area (Å²) < 4.78 is 0. The third-order valence-electron chi connectivity index (χ3n) is 1.81. The van der Waals surface area contributed by atoms with Crippen LogP contribution in [0.25, 0.3) is 0 Å². The predicted molar refractivity (Wildman–Crippen MR) is 50.5 cm³/mol. The maximum absolute atomic E-state index is 11.2. The first-order valence-corrected chi connectivity index (χ1v) is 3.99. The van der Waals surface area contributed by atoms with Crippen LogP contribution in [0.4, 0.5) is 0 Å². The van der Waals surface area contributed by atoms with Crippen molar-refractivity contribution in [1.29, 1.82) is 0 Å². The van der Waals surface area contributed by atoms with Crippen LogP contribution in [0.1, 0.15) is 12.8 Å². The molecule has 13 heavy (non-hydrogen) atoms. The Morgan fingerprint density at radius 3 is 2.69 bits per heavy atom. The molecule has 0 aliphatic carbocycles. The zero-order valence-electron chi connectivity index (χ0n) is 7.21. The van der Waals surface area contributed by atoms with Crippen LogP contribution in [0.5, 0.6) is 0 Å². The fourth-order valence-corrected chi connectivity index (χ4v) is 1.21. The van der Waals surface area contributed by atoms with E-state index in [2.05, 4.69) is 10.6 Å². The van der Waals surface area contributed by atoms with Gasteiger partial charge in [-0.05, 0) is 19.4 Å². The van der Waals surface area contributed by atoms with E-state index in [1.165, 1.54) is 0 Å². The van der Waals surface area contributed by atoms with Gasteiger partial charge in [-0.1, -0.05) is 0 Å². The summed E-state index contributed by atoms with van der Waals surface area (Å²) in [4.78, 5) is 21.5. The molecule has 0 radical (unpaired) electrons. The number of halogens is 1. The Morgan fingerprint density at radius 2 is 2.23 bits per heavy atom. The standard InChI is InChI=1S/C7H13N3O2.ClH/c8-6(11)4-10-7(12)5-2-1-3-9-5;/h5,9H,1-4H2,(H2,8,11)(H,10,12);1H. The molecule has 0 aromatic heterocycles. The van der Waals surface area contributed by atoms with Crippen molar-refractivity contribution in [3.05, 3.63) is 0 Å². The lowest BCUT2D eigenvalue weighted by Crippen LogP contribution is -2.43. The molecule has 1 unspecified atom stereocenters. The number of nitrogens with one attached hydrogen (secondary N) is 2. The van der Waals surface area contributed by atoms with Gasteiger partial charge in [0.25, 0.3) is 0 Å². The molecule has 0 bridgehead atoms. The normalized spacial score (nSPS) is 20.5. The summed E-state index contributed by atoms with van der Waals surface area (Å²) in [6, 6.07) is -0.135. The summed E-state index contributed by atoms with van der Waals surface area (Å²) in [5.41, 5.74) is 4.87. The first kappa shape index (κ1) is 12.2. The Kier molecular flexibility index (Phi) is 5.41. The van der Waals surface area contributed by atoms with E-state index in [1.54, 1.807) is 0 Å². The molecule has 0 aromatic carbocycles. The van der Waals surface area contributed by atoms with Gasteiger partial charge >= 0.3 is 0 Å². The quantitative estimate of drug-likeness (QED) is 0.542. The van der Waals surface area contributed by atoms with E-state index in [1.807, 2.05) is 0 Å². The predicted octanol–water partition coefficient (Wildman–Crippen LogP) is -1.24. The van der Waals surface area contributed by atoms with Gasteiger partial charge in [-0.25, -0.2) is 0 Å². The van der Waals surface area contributed by atoms with Gasteiger partial charge in [0.1, 0.15) is 0 Å². The van der Waals surface area contributed by atoms with Crippen molar-refractivity contribution in [3.63, 3.8) is 0 Å². The first-order chi connectivity index (χ1) is 5.70. The fraction of sp³-hybridized carbons (Fsp3) is 0.714. The third kappa shape index (κ3) is 4.10. The number of hydrogen-bond acceptors (Lipinski definition) is 3. The largest absolute Gasteiger partial charge is 0.368 e. The maximum atomic E-state index is 11.2. The molecule has 76 valence electrons. The summed E-state index contributed by atoms with van der Waals surface area (Å²) in [5.74, 6) is -0.646. The highest BCUT2D eigenvalue weighted by Gasteiger charge is 2.21. The smallest absolute Gasteiger partial charge is 0.237 e. The molecule has 2 amide bonds. The molecule has 1 atom stereocenters. The average Bonchev–Trinajstić information content (AvgIpc) is 2.51. The molecule has 1 aliphatic rings. The van der Waals surface area contributed by atoms with Crippen molar-refractivity contribution in [1.82, 2.24) is 10.6 Å². The van der Waals surface area contributed by atoms with Crippen LogP contribution in [0.2, 0.25) is 0 Å². The van der Waals surface area contributed by atoms with Crippen LogP contribution in [0, 0.1) is 0 Å². The Bertz CT molecular complexity index is 192. The van der Waals surface area contributed by atoms with E-state index < -0.39 is 5.91 Å². The molecule has 1 saturated heterocycles. The van der Waals surface area contributed by atoms with Gasteiger partial charge in [0, 0.05) is 0 Å². The van der Waals surface area contributed by atoms with Gasteiger partial charge in [0.15, 0.2) is 0 Å². The van der Waals surface area contributed by atoms with Gasteiger partial charge in [0.05, 0.1) is 12.6 Å². The molecular weight excluding hydrogens is 194 g/mol. The second kappa shape index (κ2) is 5.77. The fourth-order valence-electron chi connectivity index (χ4n) is 1.21. The van der Waals surface area contributed by atoms with Crippen molar-refractivity contribution >= 4 is 24.2 Å². The number of hydrogen-bond donors (Lipinski definition) is 3. The number of carbonyl (C=O) groups is 2. The molecule has 4 N–H and O–H groups in total. The lowest BCUT2D eigenvalue weighted by Gasteiger charge is -2.08. The van der Waals surface area contributed by atoms with Crippen molar-refractivity contribution in [3.8, 4) is 0 Å². The van der Waals surface area contributed by atoms with E-state index in [0.29, 0.717) is 0 Å².